The summed E-state index contributed by atoms with van der Waals surface area (Å²) in [5.74, 6) is -0.0122. The van der Waals surface area contributed by atoms with Crippen molar-refractivity contribution in [1.82, 2.24) is 14.9 Å². The van der Waals surface area contributed by atoms with Gasteiger partial charge in [-0.25, -0.2) is 14.6 Å². The lowest BCUT2D eigenvalue weighted by Crippen LogP contribution is -2.47. The van der Waals surface area contributed by atoms with Crippen LogP contribution in [0.5, 0.6) is 0 Å². The highest BCUT2D eigenvalue weighted by molar-refractivity contribution is 7.16. The lowest BCUT2D eigenvalue weighted by atomic mass is 10.1. The third-order valence-corrected chi connectivity index (χ3v) is 7.41. The maximum absolute atomic E-state index is 13.1. The molecule has 2 amide bonds. The molecule has 4 rings (SSSR count). The number of methoxy groups -OCH3 is 1. The second-order valence-corrected chi connectivity index (χ2v) is 9.54. The molecule has 0 spiro atoms. The molecule has 0 unspecified atom stereocenters. The van der Waals surface area contributed by atoms with Crippen LogP contribution in [-0.2, 0) is 11.3 Å². The van der Waals surface area contributed by atoms with Gasteiger partial charge in [-0.1, -0.05) is 12.1 Å². The van der Waals surface area contributed by atoms with Gasteiger partial charge in [-0.05, 0) is 51.3 Å². The van der Waals surface area contributed by atoms with Crippen molar-refractivity contribution in [2.75, 3.05) is 30.4 Å². The maximum Gasteiger partial charge on any atom is 0.341 e. The number of para-hydroxylation sites is 2. The molecule has 9 nitrogen and oxygen atoms in total. The summed E-state index contributed by atoms with van der Waals surface area (Å²) in [6.07, 6.45) is 1.36. The fourth-order valence-corrected chi connectivity index (χ4v) is 5.37. The zero-order valence-corrected chi connectivity index (χ0v) is 20.6. The fraction of sp³-hybridized carbons (Fsp3) is 0.417. The Morgan fingerprint density at radius 2 is 1.91 bits per heavy atom. The summed E-state index contributed by atoms with van der Waals surface area (Å²) in [6.45, 7) is 7.49. The number of aromatic nitrogens is 2. The van der Waals surface area contributed by atoms with E-state index in [2.05, 4.69) is 15.6 Å². The van der Waals surface area contributed by atoms with Gasteiger partial charge in [0, 0.05) is 30.6 Å². The van der Waals surface area contributed by atoms with Crippen LogP contribution in [-0.4, -0.2) is 47.8 Å². The zero-order valence-electron chi connectivity index (χ0n) is 19.8. The number of nitrogens with one attached hydrogen (secondary N) is 2. The third kappa shape index (κ3) is 4.50. The lowest BCUT2D eigenvalue weighted by molar-refractivity contribution is 0.0601. The normalized spacial score (nSPS) is 14.3. The Morgan fingerprint density at radius 3 is 2.59 bits per heavy atom. The number of carbonyl (C=O) groups is 2. The first-order valence-electron chi connectivity index (χ1n) is 11.3. The van der Waals surface area contributed by atoms with Crippen LogP contribution in [0.3, 0.4) is 0 Å². The topological polar surface area (TPSA) is 106 Å². The summed E-state index contributed by atoms with van der Waals surface area (Å²) in [5.41, 5.74) is 2.73. The average Bonchev–Trinajstić information content (AvgIpc) is 3.11. The molecule has 3 heterocycles. The van der Waals surface area contributed by atoms with Crippen LogP contribution in [0.15, 0.2) is 29.1 Å². The minimum Gasteiger partial charge on any atom is -0.465 e. The van der Waals surface area contributed by atoms with Crippen LogP contribution < -0.4 is 21.1 Å². The number of aryl methyl sites for hydroxylation is 2. The van der Waals surface area contributed by atoms with Crippen LogP contribution in [0, 0.1) is 13.8 Å². The van der Waals surface area contributed by atoms with Crippen molar-refractivity contribution in [3.8, 4) is 0 Å². The summed E-state index contributed by atoms with van der Waals surface area (Å²) in [4.78, 5) is 45.4. The van der Waals surface area contributed by atoms with Crippen molar-refractivity contribution in [3.05, 3.63) is 50.6 Å². The standard InChI is InChI=1S/C24H29N5O4S/c1-5-29-18-9-7-6-8-17(18)26-20(22(29)30)28-12-10-16(11-13-28)25-24(32)27-21-19(23(31)33-4)14(2)15(3)34-21/h6-9,16H,5,10-13H2,1-4H3,(H2,25,27,32). The number of hydrogen-bond acceptors (Lipinski definition) is 7. The SMILES string of the molecule is CCn1c(=O)c(N2CCC(NC(=O)Nc3sc(C)c(C)c3C(=O)OC)CC2)nc2ccccc21. The maximum atomic E-state index is 13.1. The van der Waals surface area contributed by atoms with Gasteiger partial charge in [0.2, 0.25) is 0 Å². The fourth-order valence-electron chi connectivity index (χ4n) is 4.32. The van der Waals surface area contributed by atoms with E-state index in [0.29, 0.717) is 48.9 Å². The number of ether oxygens (including phenoxy) is 1. The monoisotopic (exact) mass is 483 g/mol. The van der Waals surface area contributed by atoms with Crippen molar-refractivity contribution in [1.29, 1.82) is 0 Å². The average molecular weight is 484 g/mol. The number of thiophene rings is 1. The number of benzene rings is 1. The van der Waals surface area contributed by atoms with E-state index < -0.39 is 5.97 Å². The van der Waals surface area contributed by atoms with E-state index in [4.69, 9.17) is 4.74 Å². The predicted octanol–water partition coefficient (Wildman–Crippen LogP) is 3.67. The number of anilines is 2. The van der Waals surface area contributed by atoms with E-state index in [-0.39, 0.29) is 17.6 Å². The number of urea groups is 1. The summed E-state index contributed by atoms with van der Waals surface area (Å²) in [7, 11) is 1.33. The number of fused-ring (bicyclic) bond motifs is 1. The van der Waals surface area contributed by atoms with Crippen LogP contribution in [0.4, 0.5) is 15.6 Å². The van der Waals surface area contributed by atoms with E-state index in [0.717, 1.165) is 21.5 Å². The molecule has 34 heavy (non-hydrogen) atoms. The number of esters is 1. The molecule has 0 saturated carbocycles. The van der Waals surface area contributed by atoms with Crippen LogP contribution in [0.25, 0.3) is 11.0 Å². The van der Waals surface area contributed by atoms with E-state index in [1.54, 1.807) is 4.57 Å². The first kappa shape index (κ1) is 23.7. The molecule has 1 aliphatic rings. The molecule has 1 aliphatic heterocycles. The second-order valence-electron chi connectivity index (χ2n) is 8.31. The molecule has 1 fully saturated rings. The molecule has 180 valence electrons. The molecule has 3 aromatic rings. The number of amides is 2. The summed E-state index contributed by atoms with van der Waals surface area (Å²) < 4.78 is 6.62. The minimum atomic E-state index is -0.467. The molecule has 2 N–H and O–H groups in total. The number of rotatable bonds is 5. The van der Waals surface area contributed by atoms with Crippen LogP contribution >= 0.6 is 11.3 Å². The number of hydrogen-bond donors (Lipinski definition) is 2. The Hall–Kier alpha value is -3.40. The van der Waals surface area contributed by atoms with Gasteiger partial charge in [0.05, 0.1) is 23.7 Å². The second kappa shape index (κ2) is 9.84. The molecule has 0 bridgehead atoms. The Labute approximate surface area is 201 Å². The quantitative estimate of drug-likeness (QED) is 0.537. The number of nitrogens with zero attached hydrogens (tertiary/aromatic N) is 3. The molecular formula is C24H29N5O4S. The van der Waals surface area contributed by atoms with Crippen molar-refractivity contribution >= 4 is 45.2 Å². The van der Waals surface area contributed by atoms with E-state index in [1.807, 2.05) is 49.9 Å². The lowest BCUT2D eigenvalue weighted by Gasteiger charge is -2.33. The minimum absolute atomic E-state index is 0.0474. The Bertz CT molecular complexity index is 1290. The molecule has 0 atom stereocenters. The zero-order chi connectivity index (χ0) is 24.4. The first-order valence-corrected chi connectivity index (χ1v) is 12.2. The third-order valence-electron chi connectivity index (χ3n) is 6.28. The molecule has 0 radical (unpaired) electrons. The van der Waals surface area contributed by atoms with Gasteiger partial charge < -0.3 is 19.5 Å². The summed E-state index contributed by atoms with van der Waals surface area (Å²) >= 11 is 1.35. The van der Waals surface area contributed by atoms with E-state index in [9.17, 15) is 14.4 Å². The largest absolute Gasteiger partial charge is 0.465 e. The van der Waals surface area contributed by atoms with Crippen molar-refractivity contribution in [3.63, 3.8) is 0 Å². The highest BCUT2D eigenvalue weighted by Crippen LogP contribution is 2.33. The molecule has 10 heteroatoms. The van der Waals surface area contributed by atoms with Crippen LogP contribution in [0.2, 0.25) is 0 Å². The first-order chi connectivity index (χ1) is 16.3. The highest BCUT2D eigenvalue weighted by Gasteiger charge is 2.26. The van der Waals surface area contributed by atoms with E-state index >= 15 is 0 Å². The Balaban J connectivity index is 1.42. The van der Waals surface area contributed by atoms with Gasteiger partial charge in [-0.3, -0.25) is 10.1 Å². The molecular weight excluding hydrogens is 454 g/mol. The van der Waals surface area contributed by atoms with E-state index in [1.165, 1.54) is 18.4 Å². The Kier molecular flexibility index (Phi) is 6.87. The number of carbonyl (C=O) groups excluding carboxylic acids is 2. The highest BCUT2D eigenvalue weighted by atomic mass is 32.1. The van der Waals surface area contributed by atoms with Crippen LogP contribution in [0.1, 0.15) is 40.6 Å². The molecule has 1 saturated heterocycles. The number of piperidine rings is 1. The van der Waals surface area contributed by atoms with Crippen molar-refractivity contribution in [2.24, 2.45) is 0 Å². The molecule has 1 aromatic carbocycles. The Morgan fingerprint density at radius 1 is 1.21 bits per heavy atom. The predicted molar refractivity (Wildman–Crippen MR) is 134 cm³/mol. The molecule has 2 aromatic heterocycles. The van der Waals surface area contributed by atoms with Gasteiger partial charge >= 0.3 is 12.0 Å². The summed E-state index contributed by atoms with van der Waals surface area (Å²) in [5, 5.41) is 6.29. The van der Waals surface area contributed by atoms with Gasteiger partial charge in [-0.15, -0.1) is 11.3 Å². The molecule has 0 aliphatic carbocycles. The van der Waals surface area contributed by atoms with Gasteiger partial charge in [0.25, 0.3) is 5.56 Å². The summed E-state index contributed by atoms with van der Waals surface area (Å²) in [6, 6.07) is 7.24. The van der Waals surface area contributed by atoms with Gasteiger partial charge in [0.15, 0.2) is 5.82 Å². The van der Waals surface area contributed by atoms with Gasteiger partial charge in [0.1, 0.15) is 5.00 Å². The van der Waals surface area contributed by atoms with Gasteiger partial charge in [-0.2, -0.15) is 0 Å². The smallest absolute Gasteiger partial charge is 0.341 e. The van der Waals surface area contributed by atoms with Crippen molar-refractivity contribution in [2.45, 2.75) is 46.2 Å². The van der Waals surface area contributed by atoms with Crippen molar-refractivity contribution < 1.29 is 14.3 Å².